The number of nitrogens with zero attached hydrogens (tertiary/aromatic N) is 2. The van der Waals surface area contributed by atoms with Gasteiger partial charge in [-0.3, -0.25) is 9.11 Å². The van der Waals surface area contributed by atoms with Crippen molar-refractivity contribution in [3.8, 4) is 5.75 Å². The van der Waals surface area contributed by atoms with E-state index in [0.717, 1.165) is 23.8 Å². The highest BCUT2D eigenvalue weighted by molar-refractivity contribution is 7.86. The molecule has 0 aromatic heterocycles. The first-order chi connectivity index (χ1) is 14.5. The number of phenolic OH excluding ortho intramolecular Hbond substituents is 1. The third kappa shape index (κ3) is 4.71. The summed E-state index contributed by atoms with van der Waals surface area (Å²) >= 11 is 0. The number of azo groups is 1. The van der Waals surface area contributed by atoms with Crippen LogP contribution in [0.25, 0.3) is 10.8 Å². The number of hydrogen-bond acceptors (Lipinski definition) is 9. The van der Waals surface area contributed by atoms with Crippen LogP contribution in [0.1, 0.15) is 11.1 Å². The molecule has 0 aliphatic rings. The Morgan fingerprint density at radius 3 is 2.13 bits per heavy atom. The number of benzene rings is 3. The van der Waals surface area contributed by atoms with Crippen molar-refractivity contribution in [2.75, 3.05) is 0 Å². The predicted octanol–water partition coefficient (Wildman–Crippen LogP) is 2.37. The maximum absolute atomic E-state index is 11.7. The van der Waals surface area contributed by atoms with Crippen LogP contribution in [0.3, 0.4) is 0 Å². The van der Waals surface area contributed by atoms with Crippen molar-refractivity contribution in [1.82, 2.24) is 0 Å². The monoisotopic (exact) mass is 466 g/mol. The van der Waals surface area contributed by atoms with Crippen LogP contribution < -0.4 is 11.5 Å². The van der Waals surface area contributed by atoms with Crippen LogP contribution in [0, 0.1) is 0 Å². The van der Waals surface area contributed by atoms with E-state index in [1.807, 2.05) is 0 Å². The zero-order chi connectivity index (χ0) is 23.0. The van der Waals surface area contributed by atoms with E-state index in [0.29, 0.717) is 11.3 Å². The van der Waals surface area contributed by atoms with E-state index < -0.39 is 35.8 Å². The van der Waals surface area contributed by atoms with Crippen LogP contribution >= 0.6 is 0 Å². The Hall–Kier alpha value is -2.94. The molecule has 0 saturated carbocycles. The molecule has 0 heterocycles. The van der Waals surface area contributed by atoms with Gasteiger partial charge in [-0.15, -0.1) is 5.11 Å². The van der Waals surface area contributed by atoms with E-state index >= 15 is 0 Å². The predicted molar refractivity (Wildman–Crippen MR) is 112 cm³/mol. The standard InChI is InChI=1S/C18H18N4O7S2/c19-8-10-1-4-15(12(5-10)9-20)21-22-17-14-3-2-13(30(24,25)26)6-11(14)7-16(18(17)23)31(27,28)29/h1-7,23H,8-9,19-20H2,(H,24,25,26)(H,27,28,29). The van der Waals surface area contributed by atoms with E-state index in [9.17, 15) is 31.0 Å². The van der Waals surface area contributed by atoms with Crippen molar-refractivity contribution < 1.29 is 31.0 Å². The van der Waals surface area contributed by atoms with Crippen molar-refractivity contribution in [3.63, 3.8) is 0 Å². The normalized spacial score (nSPS) is 12.6. The number of phenols is 1. The Morgan fingerprint density at radius 1 is 0.839 bits per heavy atom. The summed E-state index contributed by atoms with van der Waals surface area (Å²) < 4.78 is 64.9. The average Bonchev–Trinajstić information content (AvgIpc) is 2.70. The molecule has 13 heteroatoms. The second-order valence-corrected chi connectivity index (χ2v) is 9.29. The molecule has 0 atom stereocenters. The van der Waals surface area contributed by atoms with Crippen molar-refractivity contribution in [1.29, 1.82) is 0 Å². The molecule has 3 aromatic carbocycles. The Kier molecular flexibility index (Phi) is 6.09. The molecule has 0 fully saturated rings. The molecule has 0 bridgehead atoms. The van der Waals surface area contributed by atoms with Gasteiger partial charge in [-0.25, -0.2) is 0 Å². The van der Waals surface area contributed by atoms with E-state index in [2.05, 4.69) is 10.2 Å². The summed E-state index contributed by atoms with van der Waals surface area (Å²) in [6.45, 7) is 0.389. The summed E-state index contributed by atoms with van der Waals surface area (Å²) in [6, 6.07) is 9.09. The van der Waals surface area contributed by atoms with Gasteiger partial charge in [-0.2, -0.15) is 21.9 Å². The first-order valence-corrected chi connectivity index (χ1v) is 11.5. The lowest BCUT2D eigenvalue weighted by Crippen LogP contribution is -2.01. The van der Waals surface area contributed by atoms with Crippen molar-refractivity contribution in [3.05, 3.63) is 53.6 Å². The Bertz CT molecular complexity index is 1420. The fourth-order valence-electron chi connectivity index (χ4n) is 2.92. The topological polar surface area (TPSA) is 206 Å². The molecule has 0 amide bonds. The molecule has 0 saturated heterocycles. The highest BCUT2D eigenvalue weighted by Crippen LogP contribution is 2.42. The third-order valence-electron chi connectivity index (χ3n) is 4.46. The van der Waals surface area contributed by atoms with Crippen LogP contribution in [0.5, 0.6) is 5.75 Å². The molecular weight excluding hydrogens is 448 g/mol. The van der Waals surface area contributed by atoms with Crippen LogP contribution in [0.2, 0.25) is 0 Å². The largest absolute Gasteiger partial charge is 0.504 e. The summed E-state index contributed by atoms with van der Waals surface area (Å²) in [5.74, 6) is -0.883. The summed E-state index contributed by atoms with van der Waals surface area (Å²) in [6.07, 6.45) is 0. The average molecular weight is 466 g/mol. The lowest BCUT2D eigenvalue weighted by atomic mass is 10.1. The zero-order valence-electron chi connectivity index (χ0n) is 15.8. The fourth-order valence-corrected chi connectivity index (χ4v) is 4.05. The summed E-state index contributed by atoms with van der Waals surface area (Å²) in [4.78, 5) is -1.42. The number of fused-ring (bicyclic) bond motifs is 1. The smallest absolute Gasteiger partial charge is 0.298 e. The summed E-state index contributed by atoms with van der Waals surface area (Å²) in [5.41, 5.74) is 12.7. The van der Waals surface area contributed by atoms with Crippen LogP contribution in [-0.2, 0) is 33.3 Å². The van der Waals surface area contributed by atoms with Gasteiger partial charge in [-0.05, 0) is 40.8 Å². The molecule has 164 valence electrons. The van der Waals surface area contributed by atoms with E-state index in [-0.39, 0.29) is 29.5 Å². The minimum atomic E-state index is -4.90. The van der Waals surface area contributed by atoms with Gasteiger partial charge in [0.05, 0.1) is 10.6 Å². The molecule has 0 spiro atoms. The molecular formula is C18H18N4O7S2. The number of nitrogens with two attached hydrogens (primary N) is 2. The first kappa shape index (κ1) is 22.7. The quantitative estimate of drug-likeness (QED) is 0.266. The number of aromatic hydroxyl groups is 1. The molecule has 0 aliphatic carbocycles. The van der Waals surface area contributed by atoms with Crippen molar-refractivity contribution in [2.24, 2.45) is 21.7 Å². The van der Waals surface area contributed by atoms with Gasteiger partial charge < -0.3 is 16.6 Å². The lowest BCUT2D eigenvalue weighted by molar-refractivity contribution is 0.445. The van der Waals surface area contributed by atoms with Gasteiger partial charge in [0.1, 0.15) is 10.6 Å². The molecule has 31 heavy (non-hydrogen) atoms. The highest BCUT2D eigenvalue weighted by Gasteiger charge is 2.23. The highest BCUT2D eigenvalue weighted by atomic mass is 32.2. The van der Waals surface area contributed by atoms with Crippen molar-refractivity contribution >= 4 is 42.4 Å². The third-order valence-corrected chi connectivity index (χ3v) is 6.17. The molecule has 0 radical (unpaired) electrons. The van der Waals surface area contributed by atoms with Gasteiger partial charge in [0.25, 0.3) is 20.2 Å². The van der Waals surface area contributed by atoms with E-state index in [4.69, 9.17) is 11.5 Å². The van der Waals surface area contributed by atoms with Crippen LogP contribution in [-0.4, -0.2) is 31.0 Å². The van der Waals surface area contributed by atoms with Crippen LogP contribution in [0.4, 0.5) is 11.4 Å². The second kappa shape index (κ2) is 8.30. The van der Waals surface area contributed by atoms with E-state index in [1.54, 1.807) is 18.2 Å². The fraction of sp³-hybridized carbons (Fsp3) is 0.111. The molecule has 3 aromatic rings. The first-order valence-electron chi connectivity index (χ1n) is 8.64. The lowest BCUT2D eigenvalue weighted by Gasteiger charge is -2.10. The summed E-state index contributed by atoms with van der Waals surface area (Å²) in [7, 11) is -9.49. The molecule has 0 aliphatic heterocycles. The Morgan fingerprint density at radius 2 is 1.55 bits per heavy atom. The number of hydrogen-bond donors (Lipinski definition) is 5. The minimum absolute atomic E-state index is 0.0352. The Labute approximate surface area is 177 Å². The van der Waals surface area contributed by atoms with Gasteiger partial charge in [-0.1, -0.05) is 18.2 Å². The minimum Gasteiger partial charge on any atom is -0.504 e. The number of rotatable bonds is 6. The summed E-state index contributed by atoms with van der Waals surface area (Å²) in [5, 5.41) is 18.5. The molecule has 7 N–H and O–H groups in total. The maximum atomic E-state index is 11.7. The maximum Gasteiger partial charge on any atom is 0.298 e. The molecule has 3 rings (SSSR count). The van der Waals surface area contributed by atoms with Gasteiger partial charge in [0.15, 0.2) is 5.75 Å². The van der Waals surface area contributed by atoms with Crippen LogP contribution in [0.15, 0.2) is 62.5 Å². The van der Waals surface area contributed by atoms with Gasteiger partial charge >= 0.3 is 0 Å². The van der Waals surface area contributed by atoms with E-state index in [1.165, 1.54) is 6.07 Å². The van der Waals surface area contributed by atoms with Crippen molar-refractivity contribution in [2.45, 2.75) is 22.9 Å². The van der Waals surface area contributed by atoms with Gasteiger partial charge in [0.2, 0.25) is 0 Å². The molecule has 11 nitrogen and oxygen atoms in total. The molecule has 0 unspecified atom stereocenters. The second-order valence-electron chi connectivity index (χ2n) is 6.48. The Balaban J connectivity index is 2.28. The SMILES string of the molecule is NCc1ccc(N=Nc2c(O)c(S(=O)(=O)O)cc3cc(S(=O)(=O)O)ccc23)c(CN)c1. The van der Waals surface area contributed by atoms with Gasteiger partial charge in [0, 0.05) is 18.5 Å². The zero-order valence-corrected chi connectivity index (χ0v) is 17.4.